The fourth-order valence-electron chi connectivity index (χ4n) is 8.14. The van der Waals surface area contributed by atoms with Crippen molar-refractivity contribution >= 4 is 35.0 Å². The number of carbonyl (C=O) groups excluding carboxylic acids is 4. The fraction of sp³-hybridized carbons (Fsp3) is 0.222. The first-order valence-corrected chi connectivity index (χ1v) is 15.6. The Labute approximate surface area is 280 Å². The number of rotatable bonds is 4. The molecular weight excluding hydrogens is 666 g/mol. The van der Waals surface area contributed by atoms with Crippen molar-refractivity contribution in [2.24, 2.45) is 11.8 Å². The number of hydrazine groups is 1. The van der Waals surface area contributed by atoms with Gasteiger partial charge in [0.25, 0.3) is 11.8 Å². The average molecular weight is 691 g/mol. The summed E-state index contributed by atoms with van der Waals surface area (Å²) in [6, 6.07) is 17.3. The lowest BCUT2D eigenvalue weighted by Crippen LogP contribution is -2.50. The van der Waals surface area contributed by atoms with Gasteiger partial charge in [-0.15, -0.1) is 0 Å². The highest BCUT2D eigenvalue weighted by Crippen LogP contribution is 2.61. The quantitative estimate of drug-likeness (QED) is 0.188. The third kappa shape index (κ3) is 4.47. The van der Waals surface area contributed by atoms with E-state index in [0.717, 1.165) is 56.2 Å². The predicted molar refractivity (Wildman–Crippen MR) is 164 cm³/mol. The molecular formula is C36H24F6N4O4. The molecule has 0 spiro atoms. The Morgan fingerprint density at radius 3 is 1.06 bits per heavy atom. The molecule has 254 valence electrons. The number of hydrogen-bond donors (Lipinski definition) is 0. The SMILES string of the molecule is O=C1[C@@H]2[C@@H](C(=O)N1c1ccccc1)N1[C@@H](c3ccccc3C(F)(F)F)[C@H]3C(=O)N(c4ccccc4)C(=O)[C@@H]3N1[C@@H]2c1ccccc1C(F)(F)F. The molecule has 4 saturated heterocycles. The highest BCUT2D eigenvalue weighted by atomic mass is 19.4. The van der Waals surface area contributed by atoms with Crippen molar-refractivity contribution in [3.8, 4) is 0 Å². The van der Waals surface area contributed by atoms with Gasteiger partial charge in [-0.1, -0.05) is 72.8 Å². The van der Waals surface area contributed by atoms with Gasteiger partial charge in [0.1, 0.15) is 12.1 Å². The van der Waals surface area contributed by atoms with Crippen LogP contribution in [-0.2, 0) is 31.5 Å². The van der Waals surface area contributed by atoms with Crippen LogP contribution in [-0.4, -0.2) is 45.7 Å². The van der Waals surface area contributed by atoms with E-state index in [-0.39, 0.29) is 11.4 Å². The molecule has 4 fully saturated rings. The molecule has 0 bridgehead atoms. The lowest BCUT2D eigenvalue weighted by Gasteiger charge is -2.36. The van der Waals surface area contributed by atoms with E-state index >= 15 is 0 Å². The highest BCUT2D eigenvalue weighted by Gasteiger charge is 2.74. The minimum Gasteiger partial charge on any atom is -0.274 e. The summed E-state index contributed by atoms with van der Waals surface area (Å²) < 4.78 is 88.0. The molecule has 8 rings (SSSR count). The van der Waals surface area contributed by atoms with Crippen LogP contribution >= 0.6 is 0 Å². The number of para-hydroxylation sites is 2. The second-order valence-electron chi connectivity index (χ2n) is 12.5. The van der Waals surface area contributed by atoms with Gasteiger partial charge in [0.2, 0.25) is 11.8 Å². The van der Waals surface area contributed by atoms with Crippen molar-refractivity contribution < 1.29 is 45.5 Å². The van der Waals surface area contributed by atoms with Crippen LogP contribution in [0.3, 0.4) is 0 Å². The number of nitrogens with zero attached hydrogens (tertiary/aromatic N) is 4. The number of benzene rings is 4. The zero-order valence-electron chi connectivity index (χ0n) is 25.5. The second-order valence-corrected chi connectivity index (χ2v) is 12.5. The number of alkyl halides is 6. The normalized spacial score (nSPS) is 26.9. The molecule has 4 aliphatic rings. The van der Waals surface area contributed by atoms with Gasteiger partial charge in [-0.05, 0) is 47.5 Å². The van der Waals surface area contributed by atoms with Gasteiger partial charge in [-0.3, -0.25) is 19.2 Å². The zero-order valence-corrected chi connectivity index (χ0v) is 25.5. The molecule has 0 aromatic heterocycles. The number of anilines is 2. The standard InChI is InChI=1S/C36H24F6N4O4/c37-35(38,39)23-17-9-7-15-21(23)27-25-29(33(49)43(31(25)47)19-11-3-1-4-12-19)45-28(22-16-8-10-18-24(22)36(40,41)42)26-30(46(27)45)34(50)44(32(26)48)20-13-5-2-6-14-20/h1-18,25-30H/t25-,26+,27+,28-,29-,30+. The number of carbonyl (C=O) groups is 4. The summed E-state index contributed by atoms with van der Waals surface area (Å²) in [6.45, 7) is 0. The zero-order chi connectivity index (χ0) is 35.3. The Morgan fingerprint density at radius 2 is 0.720 bits per heavy atom. The van der Waals surface area contributed by atoms with Gasteiger partial charge in [-0.25, -0.2) is 19.8 Å². The van der Waals surface area contributed by atoms with Crippen molar-refractivity contribution in [2.75, 3.05) is 9.80 Å². The van der Waals surface area contributed by atoms with E-state index in [0.29, 0.717) is 0 Å². The number of halogens is 6. The lowest BCUT2D eigenvalue weighted by molar-refractivity contribution is -0.143. The summed E-state index contributed by atoms with van der Waals surface area (Å²) in [4.78, 5) is 59.3. The molecule has 0 N–H and O–H groups in total. The first kappa shape index (κ1) is 31.9. The third-order valence-corrected chi connectivity index (χ3v) is 9.92. The number of hydrogen-bond acceptors (Lipinski definition) is 6. The highest BCUT2D eigenvalue weighted by molar-refractivity contribution is 6.26. The van der Waals surface area contributed by atoms with Crippen LogP contribution in [0.2, 0.25) is 0 Å². The van der Waals surface area contributed by atoms with Crippen LogP contribution in [0.1, 0.15) is 34.3 Å². The first-order chi connectivity index (χ1) is 23.8. The minimum atomic E-state index is -4.96. The first-order valence-electron chi connectivity index (χ1n) is 15.6. The van der Waals surface area contributed by atoms with Crippen molar-refractivity contribution in [1.82, 2.24) is 10.0 Å². The lowest BCUT2D eigenvalue weighted by atomic mass is 9.82. The Kier molecular flexibility index (Phi) is 7.07. The van der Waals surface area contributed by atoms with Gasteiger partial charge < -0.3 is 0 Å². The Morgan fingerprint density at radius 1 is 0.400 bits per heavy atom. The predicted octanol–water partition coefficient (Wildman–Crippen LogP) is 6.17. The maximum absolute atomic E-state index is 14.7. The van der Waals surface area contributed by atoms with E-state index in [1.165, 1.54) is 36.4 Å². The van der Waals surface area contributed by atoms with Gasteiger partial charge >= 0.3 is 12.4 Å². The maximum Gasteiger partial charge on any atom is 0.416 e. The van der Waals surface area contributed by atoms with Gasteiger partial charge in [-0.2, -0.15) is 26.3 Å². The van der Waals surface area contributed by atoms with Crippen LogP contribution in [0.15, 0.2) is 109 Å². The van der Waals surface area contributed by atoms with E-state index in [1.807, 2.05) is 0 Å². The molecule has 4 aromatic rings. The van der Waals surface area contributed by atoms with E-state index in [1.54, 1.807) is 36.4 Å². The summed E-state index contributed by atoms with van der Waals surface area (Å²) in [5, 5.41) is 2.23. The second kappa shape index (κ2) is 11.1. The monoisotopic (exact) mass is 690 g/mol. The number of amides is 4. The summed E-state index contributed by atoms with van der Waals surface area (Å²) in [5.74, 6) is -6.78. The molecule has 8 nitrogen and oxygen atoms in total. The molecule has 0 radical (unpaired) electrons. The molecule has 4 heterocycles. The third-order valence-electron chi connectivity index (χ3n) is 9.92. The molecule has 4 amide bonds. The number of imide groups is 2. The van der Waals surface area contributed by atoms with Gasteiger partial charge in [0.05, 0.1) is 46.4 Å². The molecule has 4 aromatic carbocycles. The van der Waals surface area contributed by atoms with Gasteiger partial charge in [0, 0.05) is 0 Å². The molecule has 0 aliphatic carbocycles. The van der Waals surface area contributed by atoms with E-state index in [9.17, 15) is 45.5 Å². The molecule has 0 saturated carbocycles. The summed E-state index contributed by atoms with van der Waals surface area (Å²) in [6.07, 6.45) is -9.92. The minimum absolute atomic E-state index is 0.111. The maximum atomic E-state index is 14.7. The summed E-state index contributed by atoms with van der Waals surface area (Å²) in [7, 11) is 0. The topological polar surface area (TPSA) is 81.2 Å². The van der Waals surface area contributed by atoms with Crippen LogP contribution in [0, 0.1) is 11.8 Å². The molecule has 0 unspecified atom stereocenters. The molecule has 6 atom stereocenters. The van der Waals surface area contributed by atoms with Crippen LogP contribution in [0.5, 0.6) is 0 Å². The molecule has 4 aliphatic heterocycles. The Bertz CT molecular complexity index is 1910. The fourth-order valence-corrected chi connectivity index (χ4v) is 8.14. The average Bonchev–Trinajstić information content (AvgIpc) is 3.76. The molecule has 14 heteroatoms. The Balaban J connectivity index is 1.41. The van der Waals surface area contributed by atoms with Gasteiger partial charge in [0.15, 0.2) is 0 Å². The van der Waals surface area contributed by atoms with Crippen molar-refractivity contribution in [3.63, 3.8) is 0 Å². The van der Waals surface area contributed by atoms with E-state index < -0.39 is 94.2 Å². The Hall–Kier alpha value is -5.34. The van der Waals surface area contributed by atoms with E-state index in [2.05, 4.69) is 0 Å². The van der Waals surface area contributed by atoms with Crippen LogP contribution in [0.4, 0.5) is 37.7 Å². The van der Waals surface area contributed by atoms with Crippen LogP contribution in [0.25, 0.3) is 0 Å². The summed E-state index contributed by atoms with van der Waals surface area (Å²) in [5.41, 5.74) is -3.01. The smallest absolute Gasteiger partial charge is 0.274 e. The van der Waals surface area contributed by atoms with E-state index in [4.69, 9.17) is 0 Å². The molecule has 50 heavy (non-hydrogen) atoms. The van der Waals surface area contributed by atoms with Crippen molar-refractivity contribution in [3.05, 3.63) is 131 Å². The number of fused-ring (bicyclic) bond motifs is 5. The van der Waals surface area contributed by atoms with Crippen molar-refractivity contribution in [1.29, 1.82) is 0 Å². The largest absolute Gasteiger partial charge is 0.416 e. The van der Waals surface area contributed by atoms with Crippen molar-refractivity contribution in [2.45, 2.75) is 36.5 Å². The summed E-state index contributed by atoms with van der Waals surface area (Å²) >= 11 is 0. The van der Waals surface area contributed by atoms with Crippen LogP contribution < -0.4 is 9.80 Å².